The normalized spacial score (nSPS) is 10.6. The first-order chi connectivity index (χ1) is 8.61. The van der Waals surface area contributed by atoms with Crippen molar-refractivity contribution < 1.29 is 4.74 Å². The second-order valence-electron chi connectivity index (χ2n) is 3.70. The SMILES string of the molecule is COCc1cccc(-n2c(=O)cc(Cl)[nH]c2=O)c1. The number of halogens is 1. The predicted molar refractivity (Wildman–Crippen MR) is 68.4 cm³/mol. The van der Waals surface area contributed by atoms with Crippen molar-refractivity contribution in [2.45, 2.75) is 6.61 Å². The van der Waals surface area contributed by atoms with Crippen molar-refractivity contribution in [3.05, 3.63) is 61.9 Å². The minimum absolute atomic E-state index is 0.0225. The Morgan fingerprint density at radius 1 is 1.33 bits per heavy atom. The van der Waals surface area contributed by atoms with Gasteiger partial charge >= 0.3 is 5.69 Å². The van der Waals surface area contributed by atoms with Gasteiger partial charge in [0.2, 0.25) is 0 Å². The van der Waals surface area contributed by atoms with Gasteiger partial charge < -0.3 is 4.74 Å². The van der Waals surface area contributed by atoms with Gasteiger partial charge in [-0.1, -0.05) is 23.7 Å². The van der Waals surface area contributed by atoms with Crippen LogP contribution in [0.25, 0.3) is 5.69 Å². The van der Waals surface area contributed by atoms with Crippen molar-refractivity contribution in [2.75, 3.05) is 7.11 Å². The molecule has 0 aliphatic carbocycles. The number of nitrogens with one attached hydrogen (secondary N) is 1. The number of benzene rings is 1. The largest absolute Gasteiger partial charge is 0.380 e. The zero-order chi connectivity index (χ0) is 13.1. The summed E-state index contributed by atoms with van der Waals surface area (Å²) in [6.07, 6.45) is 0. The molecule has 1 aromatic heterocycles. The van der Waals surface area contributed by atoms with Gasteiger partial charge in [0.1, 0.15) is 5.15 Å². The van der Waals surface area contributed by atoms with E-state index >= 15 is 0 Å². The monoisotopic (exact) mass is 266 g/mol. The molecule has 2 aromatic rings. The molecule has 0 aliphatic heterocycles. The highest BCUT2D eigenvalue weighted by Crippen LogP contribution is 2.08. The Bertz CT molecular complexity index is 644. The number of hydrogen-bond donors (Lipinski definition) is 1. The molecule has 0 atom stereocenters. The Morgan fingerprint density at radius 3 is 2.78 bits per heavy atom. The molecule has 0 radical (unpaired) electrons. The van der Waals surface area contributed by atoms with Crippen molar-refractivity contribution in [1.29, 1.82) is 0 Å². The minimum Gasteiger partial charge on any atom is -0.380 e. The Balaban J connectivity index is 2.59. The van der Waals surface area contributed by atoms with Gasteiger partial charge in [-0.3, -0.25) is 9.78 Å². The summed E-state index contributed by atoms with van der Waals surface area (Å²) in [5.74, 6) is 0. The molecule has 2 rings (SSSR count). The van der Waals surface area contributed by atoms with Gasteiger partial charge in [0.25, 0.3) is 5.56 Å². The van der Waals surface area contributed by atoms with Gasteiger partial charge in [0.15, 0.2) is 0 Å². The molecule has 1 N–H and O–H groups in total. The molecule has 0 spiro atoms. The van der Waals surface area contributed by atoms with E-state index in [1.165, 1.54) is 0 Å². The molecule has 0 bridgehead atoms. The minimum atomic E-state index is -0.568. The second-order valence-corrected chi connectivity index (χ2v) is 4.11. The van der Waals surface area contributed by atoms with Gasteiger partial charge in [-0.25, -0.2) is 9.36 Å². The highest BCUT2D eigenvalue weighted by molar-refractivity contribution is 6.29. The zero-order valence-electron chi connectivity index (χ0n) is 9.64. The van der Waals surface area contributed by atoms with Crippen LogP contribution in [0.4, 0.5) is 0 Å². The van der Waals surface area contributed by atoms with Crippen molar-refractivity contribution in [2.24, 2.45) is 0 Å². The lowest BCUT2D eigenvalue weighted by Crippen LogP contribution is -2.32. The fourth-order valence-corrected chi connectivity index (χ4v) is 1.84. The van der Waals surface area contributed by atoms with E-state index in [-0.39, 0.29) is 5.15 Å². The summed E-state index contributed by atoms with van der Waals surface area (Å²) in [5.41, 5.74) is 0.309. The van der Waals surface area contributed by atoms with Crippen LogP contribution in [-0.2, 0) is 11.3 Å². The van der Waals surface area contributed by atoms with Gasteiger partial charge in [-0.05, 0) is 17.7 Å². The Hall–Kier alpha value is -1.85. The number of hydrogen-bond acceptors (Lipinski definition) is 3. The van der Waals surface area contributed by atoms with Crippen molar-refractivity contribution in [3.63, 3.8) is 0 Å². The lowest BCUT2D eigenvalue weighted by atomic mass is 10.2. The van der Waals surface area contributed by atoms with E-state index in [2.05, 4.69) is 4.98 Å². The Kier molecular flexibility index (Phi) is 3.64. The highest BCUT2D eigenvalue weighted by atomic mass is 35.5. The first kappa shape index (κ1) is 12.6. The van der Waals surface area contributed by atoms with Crippen LogP contribution in [0.3, 0.4) is 0 Å². The van der Waals surface area contributed by atoms with Crippen LogP contribution < -0.4 is 11.2 Å². The average molecular weight is 267 g/mol. The van der Waals surface area contributed by atoms with E-state index in [1.54, 1.807) is 25.3 Å². The summed E-state index contributed by atoms with van der Waals surface area (Å²) in [6, 6.07) is 8.15. The number of ether oxygens (including phenoxy) is 1. The van der Waals surface area contributed by atoms with Crippen LogP contribution >= 0.6 is 11.6 Å². The van der Waals surface area contributed by atoms with Crippen LogP contribution in [0.2, 0.25) is 5.15 Å². The molecule has 1 heterocycles. The molecule has 0 saturated heterocycles. The van der Waals surface area contributed by atoms with Crippen LogP contribution in [0.15, 0.2) is 39.9 Å². The van der Waals surface area contributed by atoms with E-state index < -0.39 is 11.2 Å². The molecule has 94 valence electrons. The van der Waals surface area contributed by atoms with E-state index in [4.69, 9.17) is 16.3 Å². The number of nitrogens with zero attached hydrogens (tertiary/aromatic N) is 1. The Morgan fingerprint density at radius 2 is 2.11 bits per heavy atom. The summed E-state index contributed by atoms with van der Waals surface area (Å²) < 4.78 is 6.02. The number of methoxy groups -OCH3 is 1. The van der Waals surface area contributed by atoms with E-state index in [9.17, 15) is 9.59 Å². The zero-order valence-corrected chi connectivity index (χ0v) is 10.4. The van der Waals surface area contributed by atoms with Crippen molar-refractivity contribution >= 4 is 11.6 Å². The van der Waals surface area contributed by atoms with Gasteiger partial charge in [-0.15, -0.1) is 0 Å². The number of aromatic amines is 1. The van der Waals surface area contributed by atoms with Gasteiger partial charge in [0.05, 0.1) is 12.3 Å². The van der Waals surface area contributed by atoms with Crippen molar-refractivity contribution in [1.82, 2.24) is 9.55 Å². The first-order valence-corrected chi connectivity index (χ1v) is 5.60. The van der Waals surface area contributed by atoms with Crippen LogP contribution in [-0.4, -0.2) is 16.7 Å². The third kappa shape index (κ3) is 2.52. The smallest absolute Gasteiger partial charge is 0.334 e. The standard InChI is InChI=1S/C12H11ClN2O3/c1-18-7-8-3-2-4-9(5-8)15-11(16)6-10(13)14-12(15)17/h2-6H,7H2,1H3,(H,14,17). The molecule has 0 saturated carbocycles. The highest BCUT2D eigenvalue weighted by Gasteiger charge is 2.06. The molecular weight excluding hydrogens is 256 g/mol. The van der Waals surface area contributed by atoms with E-state index in [1.807, 2.05) is 6.07 Å². The predicted octanol–water partition coefficient (Wildman–Crippen LogP) is 1.33. The molecule has 5 nitrogen and oxygen atoms in total. The summed E-state index contributed by atoms with van der Waals surface area (Å²) in [6.45, 7) is 0.411. The lowest BCUT2D eigenvalue weighted by molar-refractivity contribution is 0.185. The molecule has 1 aromatic carbocycles. The number of aromatic nitrogens is 2. The third-order valence-electron chi connectivity index (χ3n) is 2.38. The van der Waals surface area contributed by atoms with Crippen LogP contribution in [0.1, 0.15) is 5.56 Å². The molecule has 0 unspecified atom stereocenters. The Labute approximate surface area is 108 Å². The van der Waals surface area contributed by atoms with Gasteiger partial charge in [0, 0.05) is 13.2 Å². The third-order valence-corrected chi connectivity index (χ3v) is 2.58. The molecule has 0 aliphatic rings. The quantitative estimate of drug-likeness (QED) is 0.853. The maximum absolute atomic E-state index is 11.8. The molecular formula is C12H11ClN2O3. The van der Waals surface area contributed by atoms with Gasteiger partial charge in [-0.2, -0.15) is 0 Å². The molecule has 6 heteroatoms. The fourth-order valence-electron chi connectivity index (χ4n) is 1.66. The summed E-state index contributed by atoms with van der Waals surface area (Å²) in [4.78, 5) is 25.9. The average Bonchev–Trinajstić information content (AvgIpc) is 2.28. The van der Waals surface area contributed by atoms with E-state index in [0.717, 1.165) is 16.2 Å². The topological polar surface area (TPSA) is 64.1 Å². The first-order valence-electron chi connectivity index (χ1n) is 5.22. The second kappa shape index (κ2) is 5.20. The maximum atomic E-state index is 11.8. The fraction of sp³-hybridized carbons (Fsp3) is 0.167. The molecule has 18 heavy (non-hydrogen) atoms. The number of H-pyrrole nitrogens is 1. The molecule has 0 amide bonds. The lowest BCUT2D eigenvalue weighted by Gasteiger charge is -2.06. The summed E-state index contributed by atoms with van der Waals surface area (Å²) >= 11 is 5.60. The summed E-state index contributed by atoms with van der Waals surface area (Å²) in [7, 11) is 1.58. The van der Waals surface area contributed by atoms with Crippen LogP contribution in [0, 0.1) is 0 Å². The maximum Gasteiger partial charge on any atom is 0.334 e. The molecule has 0 fully saturated rings. The van der Waals surface area contributed by atoms with E-state index in [0.29, 0.717) is 12.3 Å². The van der Waals surface area contributed by atoms with Crippen LogP contribution in [0.5, 0.6) is 0 Å². The van der Waals surface area contributed by atoms with Crippen molar-refractivity contribution in [3.8, 4) is 5.69 Å². The number of rotatable bonds is 3. The summed E-state index contributed by atoms with van der Waals surface area (Å²) in [5, 5.41) is 0.0225.